The van der Waals surface area contributed by atoms with Crippen molar-refractivity contribution in [1.82, 2.24) is 0 Å². The van der Waals surface area contributed by atoms with Crippen LogP contribution < -0.4 is 16.0 Å². The predicted octanol–water partition coefficient (Wildman–Crippen LogP) is 4.73. The van der Waals surface area contributed by atoms with Crippen LogP contribution in [0.1, 0.15) is 20.8 Å². The van der Waals surface area contributed by atoms with Gasteiger partial charge in [0.05, 0.1) is 18.0 Å². The first kappa shape index (κ1) is 19.2. The van der Waals surface area contributed by atoms with E-state index in [1.807, 2.05) is 0 Å². The maximum atomic E-state index is 13.1. The Morgan fingerprint density at radius 1 is 1.00 bits per heavy atom. The molecule has 138 valence electrons. The molecule has 0 aliphatic heterocycles. The molecule has 7 heteroatoms. The first-order chi connectivity index (χ1) is 12.4. The van der Waals surface area contributed by atoms with E-state index in [9.17, 15) is 14.0 Å². The summed E-state index contributed by atoms with van der Waals surface area (Å²) in [6.07, 6.45) is -0.609. The Morgan fingerprint density at radius 3 is 2.27 bits per heavy atom. The van der Waals surface area contributed by atoms with Crippen LogP contribution in [0.4, 0.5) is 31.9 Å². The van der Waals surface area contributed by atoms with Crippen molar-refractivity contribution in [3.8, 4) is 0 Å². The molecule has 2 rings (SSSR count). The number of carbonyl (C=O) groups excluding carboxylic acids is 2. The van der Waals surface area contributed by atoms with E-state index in [1.54, 1.807) is 51.1 Å². The van der Waals surface area contributed by atoms with Crippen molar-refractivity contribution in [2.75, 3.05) is 22.6 Å². The summed E-state index contributed by atoms with van der Waals surface area (Å²) in [5.74, 6) is -0.646. The van der Waals surface area contributed by atoms with Gasteiger partial charge in [0.2, 0.25) is 5.91 Å². The van der Waals surface area contributed by atoms with Gasteiger partial charge in [-0.3, -0.25) is 10.1 Å². The Hall–Kier alpha value is -3.09. The van der Waals surface area contributed by atoms with E-state index in [1.165, 1.54) is 12.1 Å². The number of ether oxygens (including phenoxy) is 1. The van der Waals surface area contributed by atoms with Gasteiger partial charge in [-0.15, -0.1) is 0 Å². The highest BCUT2D eigenvalue weighted by Gasteiger charge is 2.12. The number of hydrogen-bond acceptors (Lipinski definition) is 4. The van der Waals surface area contributed by atoms with Gasteiger partial charge in [-0.1, -0.05) is 13.8 Å². The van der Waals surface area contributed by atoms with Gasteiger partial charge in [0.15, 0.2) is 0 Å². The second kappa shape index (κ2) is 8.84. The standard InChI is InChI=1S/C19H22FN3O3/c1-4-26-19(25)23-17-11-15(22-18(24)12(2)3)9-10-16(17)21-14-7-5-13(20)6-8-14/h5-12,21H,4H2,1-3H3,(H,22,24)(H,23,25). The third-order valence-corrected chi connectivity index (χ3v) is 3.45. The van der Waals surface area contributed by atoms with Gasteiger partial charge in [0.25, 0.3) is 0 Å². The fourth-order valence-corrected chi connectivity index (χ4v) is 2.09. The molecule has 0 spiro atoms. The van der Waals surface area contributed by atoms with Crippen molar-refractivity contribution in [2.24, 2.45) is 5.92 Å². The summed E-state index contributed by atoms with van der Waals surface area (Å²) in [4.78, 5) is 23.7. The molecule has 6 nitrogen and oxygen atoms in total. The monoisotopic (exact) mass is 359 g/mol. The Kier molecular flexibility index (Phi) is 6.54. The van der Waals surface area contributed by atoms with Crippen LogP contribution in [0, 0.1) is 11.7 Å². The highest BCUT2D eigenvalue weighted by Crippen LogP contribution is 2.29. The maximum Gasteiger partial charge on any atom is 0.411 e. The lowest BCUT2D eigenvalue weighted by molar-refractivity contribution is -0.118. The molecule has 2 aromatic rings. The van der Waals surface area contributed by atoms with Crippen LogP contribution in [-0.2, 0) is 9.53 Å². The van der Waals surface area contributed by atoms with E-state index < -0.39 is 6.09 Å². The Labute approximate surface area is 151 Å². The SMILES string of the molecule is CCOC(=O)Nc1cc(NC(=O)C(C)C)ccc1Nc1ccc(F)cc1. The van der Waals surface area contributed by atoms with Crippen molar-refractivity contribution in [2.45, 2.75) is 20.8 Å². The lowest BCUT2D eigenvalue weighted by atomic mass is 10.2. The fraction of sp³-hybridized carbons (Fsp3) is 0.263. The van der Waals surface area contributed by atoms with Crippen LogP contribution >= 0.6 is 0 Å². The van der Waals surface area contributed by atoms with Crippen molar-refractivity contribution < 1.29 is 18.7 Å². The highest BCUT2D eigenvalue weighted by molar-refractivity contribution is 5.96. The van der Waals surface area contributed by atoms with Crippen molar-refractivity contribution in [3.05, 3.63) is 48.3 Å². The zero-order chi connectivity index (χ0) is 19.1. The van der Waals surface area contributed by atoms with E-state index in [0.29, 0.717) is 22.7 Å². The Bertz CT molecular complexity index is 776. The molecule has 26 heavy (non-hydrogen) atoms. The van der Waals surface area contributed by atoms with Gasteiger partial charge in [-0.2, -0.15) is 0 Å². The molecule has 0 saturated carbocycles. The molecule has 0 fully saturated rings. The number of carbonyl (C=O) groups is 2. The van der Waals surface area contributed by atoms with Crippen molar-refractivity contribution in [3.63, 3.8) is 0 Å². The smallest absolute Gasteiger partial charge is 0.411 e. The van der Waals surface area contributed by atoms with Gasteiger partial charge in [-0.25, -0.2) is 9.18 Å². The molecule has 0 saturated heterocycles. The molecule has 0 radical (unpaired) electrons. The molecule has 2 aromatic carbocycles. The quantitative estimate of drug-likeness (QED) is 0.696. The minimum absolute atomic E-state index is 0.133. The molecule has 0 unspecified atom stereocenters. The highest BCUT2D eigenvalue weighted by atomic mass is 19.1. The van der Waals surface area contributed by atoms with Crippen LogP contribution in [0.5, 0.6) is 0 Å². The lowest BCUT2D eigenvalue weighted by Crippen LogP contribution is -2.18. The average molecular weight is 359 g/mol. The van der Waals surface area contributed by atoms with Gasteiger partial charge in [0.1, 0.15) is 5.82 Å². The van der Waals surface area contributed by atoms with Crippen LogP contribution in [0.25, 0.3) is 0 Å². The lowest BCUT2D eigenvalue weighted by Gasteiger charge is -2.16. The topological polar surface area (TPSA) is 79.5 Å². The van der Waals surface area contributed by atoms with Crippen LogP contribution in [0.3, 0.4) is 0 Å². The second-order valence-corrected chi connectivity index (χ2v) is 5.88. The average Bonchev–Trinajstić information content (AvgIpc) is 2.59. The van der Waals surface area contributed by atoms with E-state index in [2.05, 4.69) is 16.0 Å². The largest absolute Gasteiger partial charge is 0.450 e. The minimum Gasteiger partial charge on any atom is -0.450 e. The molecule has 0 aliphatic carbocycles. The fourth-order valence-electron chi connectivity index (χ4n) is 2.09. The molecular formula is C19H22FN3O3. The summed E-state index contributed by atoms with van der Waals surface area (Å²) < 4.78 is 18.0. The normalized spacial score (nSPS) is 10.3. The molecule has 0 aromatic heterocycles. The molecule has 0 bridgehead atoms. The van der Waals surface area contributed by atoms with Gasteiger partial charge >= 0.3 is 6.09 Å². The van der Waals surface area contributed by atoms with Crippen molar-refractivity contribution >= 4 is 34.7 Å². The molecule has 0 heterocycles. The van der Waals surface area contributed by atoms with Gasteiger partial charge < -0.3 is 15.4 Å². The van der Waals surface area contributed by atoms with Gasteiger partial charge in [0, 0.05) is 17.3 Å². The molecule has 3 N–H and O–H groups in total. The predicted molar refractivity (Wildman–Crippen MR) is 100 cm³/mol. The number of halogens is 1. The van der Waals surface area contributed by atoms with E-state index in [4.69, 9.17) is 4.74 Å². The summed E-state index contributed by atoms with van der Waals surface area (Å²) in [6, 6.07) is 10.9. The summed E-state index contributed by atoms with van der Waals surface area (Å²) >= 11 is 0. The van der Waals surface area contributed by atoms with E-state index >= 15 is 0 Å². The molecule has 0 atom stereocenters. The number of nitrogens with one attached hydrogen (secondary N) is 3. The number of benzene rings is 2. The molecule has 2 amide bonds. The number of rotatable bonds is 6. The van der Waals surface area contributed by atoms with Crippen LogP contribution in [-0.4, -0.2) is 18.6 Å². The van der Waals surface area contributed by atoms with Crippen LogP contribution in [0.15, 0.2) is 42.5 Å². The van der Waals surface area contributed by atoms with E-state index in [0.717, 1.165) is 0 Å². The third kappa shape index (κ3) is 5.47. The van der Waals surface area contributed by atoms with Crippen molar-refractivity contribution in [1.29, 1.82) is 0 Å². The number of anilines is 4. The summed E-state index contributed by atoms with van der Waals surface area (Å²) in [7, 11) is 0. The second-order valence-electron chi connectivity index (χ2n) is 5.88. The Morgan fingerprint density at radius 2 is 1.65 bits per heavy atom. The van der Waals surface area contributed by atoms with Crippen LogP contribution in [0.2, 0.25) is 0 Å². The van der Waals surface area contributed by atoms with E-state index in [-0.39, 0.29) is 24.2 Å². The number of amides is 2. The van der Waals surface area contributed by atoms with Gasteiger partial charge in [-0.05, 0) is 49.4 Å². The first-order valence-electron chi connectivity index (χ1n) is 8.30. The third-order valence-electron chi connectivity index (χ3n) is 3.45. The zero-order valence-corrected chi connectivity index (χ0v) is 14.9. The Balaban J connectivity index is 2.27. The molecular weight excluding hydrogens is 337 g/mol. The molecule has 0 aliphatic rings. The summed E-state index contributed by atoms with van der Waals surface area (Å²) in [6.45, 7) is 5.52. The number of hydrogen-bond donors (Lipinski definition) is 3. The summed E-state index contributed by atoms with van der Waals surface area (Å²) in [5, 5.41) is 8.51. The summed E-state index contributed by atoms with van der Waals surface area (Å²) in [5.41, 5.74) is 2.19. The zero-order valence-electron chi connectivity index (χ0n) is 14.9. The minimum atomic E-state index is -0.609. The maximum absolute atomic E-state index is 13.1. The first-order valence-corrected chi connectivity index (χ1v) is 8.30.